The van der Waals surface area contributed by atoms with Gasteiger partial charge in [-0.05, 0) is 36.3 Å². The molecule has 1 aromatic heterocycles. The molecule has 0 N–H and O–H groups in total. The van der Waals surface area contributed by atoms with Gasteiger partial charge in [0.05, 0.1) is 26.2 Å². The first-order valence-electron chi connectivity index (χ1n) is 11.8. The van der Waals surface area contributed by atoms with Crippen molar-refractivity contribution in [3.63, 3.8) is 0 Å². The summed E-state index contributed by atoms with van der Waals surface area (Å²) in [6, 6.07) is 16.2. The van der Waals surface area contributed by atoms with E-state index in [4.69, 9.17) is 23.4 Å². The highest BCUT2D eigenvalue weighted by atomic mass is 16.5. The highest BCUT2D eigenvalue weighted by Gasteiger charge is 2.35. The van der Waals surface area contributed by atoms with Crippen molar-refractivity contribution in [1.82, 2.24) is 0 Å². The van der Waals surface area contributed by atoms with Crippen LogP contribution >= 0.6 is 0 Å². The lowest BCUT2D eigenvalue weighted by molar-refractivity contribution is -0.135. The molecule has 0 bridgehead atoms. The zero-order valence-electron chi connectivity index (χ0n) is 20.8. The summed E-state index contributed by atoms with van der Waals surface area (Å²) in [5.41, 5.74) is 3.36. The average molecular weight is 499 g/mol. The molecule has 0 saturated heterocycles. The molecule has 0 aliphatic carbocycles. The third kappa shape index (κ3) is 4.44. The average Bonchev–Trinajstić information content (AvgIpc) is 2.91. The van der Waals surface area contributed by atoms with Gasteiger partial charge in [-0.2, -0.15) is 0 Å². The lowest BCUT2D eigenvalue weighted by atomic mass is 9.84. The number of hydrogen-bond donors (Lipinski definition) is 0. The molecule has 0 saturated carbocycles. The van der Waals surface area contributed by atoms with Gasteiger partial charge in [-0.3, -0.25) is 9.59 Å². The normalized spacial score (nSPS) is 14.6. The van der Waals surface area contributed by atoms with Crippen LogP contribution in [-0.2, 0) is 4.79 Å². The molecular weight excluding hydrogens is 472 g/mol. The summed E-state index contributed by atoms with van der Waals surface area (Å²) in [6.45, 7) is 6.12. The van der Waals surface area contributed by atoms with Crippen molar-refractivity contribution in [3.8, 4) is 34.1 Å². The smallest absolute Gasteiger partial charge is 0.312 e. The highest BCUT2D eigenvalue weighted by Crippen LogP contribution is 2.47. The maximum absolute atomic E-state index is 13.8. The molecule has 188 valence electrons. The minimum atomic E-state index is -0.457. The van der Waals surface area contributed by atoms with Gasteiger partial charge < -0.3 is 23.4 Å². The van der Waals surface area contributed by atoms with Gasteiger partial charge in [0, 0.05) is 23.1 Å². The summed E-state index contributed by atoms with van der Waals surface area (Å²) in [6.07, 6.45) is 1.50. The van der Waals surface area contributed by atoms with Crippen molar-refractivity contribution in [1.29, 1.82) is 0 Å². The molecule has 37 heavy (non-hydrogen) atoms. The number of para-hydroxylation sites is 1. The summed E-state index contributed by atoms with van der Waals surface area (Å²) in [7, 11) is 3.04. The van der Waals surface area contributed by atoms with Gasteiger partial charge in [-0.1, -0.05) is 36.9 Å². The van der Waals surface area contributed by atoms with Crippen LogP contribution < -0.4 is 24.4 Å². The van der Waals surface area contributed by atoms with Crippen LogP contribution in [0.3, 0.4) is 0 Å². The fraction of sp³-hybridized carbons (Fsp3) is 0.200. The Morgan fingerprint density at radius 2 is 1.78 bits per heavy atom. The number of benzene rings is 3. The van der Waals surface area contributed by atoms with E-state index in [-0.39, 0.29) is 23.0 Å². The molecule has 1 aliphatic heterocycles. The number of methoxy groups -OCH3 is 2. The summed E-state index contributed by atoms with van der Waals surface area (Å²) in [5, 5.41) is 0.276. The van der Waals surface area contributed by atoms with E-state index >= 15 is 0 Å². The zero-order valence-corrected chi connectivity index (χ0v) is 20.8. The van der Waals surface area contributed by atoms with Crippen molar-refractivity contribution < 1.29 is 28.2 Å². The number of esters is 1. The lowest BCUT2D eigenvalue weighted by Crippen LogP contribution is -2.23. The fourth-order valence-corrected chi connectivity index (χ4v) is 4.62. The van der Waals surface area contributed by atoms with Crippen LogP contribution in [0.2, 0.25) is 0 Å². The molecule has 7 nitrogen and oxygen atoms in total. The van der Waals surface area contributed by atoms with E-state index in [0.29, 0.717) is 46.1 Å². The molecule has 0 unspecified atom stereocenters. The second kappa shape index (κ2) is 9.85. The molecule has 0 spiro atoms. The topological polar surface area (TPSA) is 84.2 Å². The van der Waals surface area contributed by atoms with Gasteiger partial charge in [0.25, 0.3) is 0 Å². The Labute approximate surface area is 213 Å². The van der Waals surface area contributed by atoms with Gasteiger partial charge in [-0.25, -0.2) is 0 Å². The predicted molar refractivity (Wildman–Crippen MR) is 140 cm³/mol. The van der Waals surface area contributed by atoms with E-state index in [9.17, 15) is 9.59 Å². The van der Waals surface area contributed by atoms with Gasteiger partial charge in [0.2, 0.25) is 5.43 Å². The Kier molecular flexibility index (Phi) is 6.44. The maximum atomic E-state index is 13.8. The maximum Gasteiger partial charge on any atom is 0.312 e. The number of carbonyl (C=O) groups is 1. The van der Waals surface area contributed by atoms with Crippen molar-refractivity contribution in [3.05, 3.63) is 94.4 Å². The summed E-state index contributed by atoms with van der Waals surface area (Å²) >= 11 is 0. The van der Waals surface area contributed by atoms with Crippen LogP contribution in [0.15, 0.2) is 82.2 Å². The van der Waals surface area contributed by atoms with E-state index < -0.39 is 11.9 Å². The van der Waals surface area contributed by atoms with Crippen LogP contribution in [0.4, 0.5) is 0 Å². The van der Waals surface area contributed by atoms with E-state index in [2.05, 4.69) is 6.58 Å². The van der Waals surface area contributed by atoms with Crippen molar-refractivity contribution in [2.24, 2.45) is 0 Å². The van der Waals surface area contributed by atoms with E-state index in [1.54, 1.807) is 37.4 Å². The third-order valence-corrected chi connectivity index (χ3v) is 6.34. The molecule has 7 heteroatoms. The predicted octanol–water partition coefficient (Wildman–Crippen LogP) is 5.87. The van der Waals surface area contributed by atoms with Crippen LogP contribution in [-0.4, -0.2) is 26.8 Å². The first-order chi connectivity index (χ1) is 17.9. The molecule has 5 rings (SSSR count). The molecule has 0 amide bonds. The SMILES string of the molecule is C=C(C)COc1ccccc1[C@@H]1CC(=O)Oc2cc(OC)c3c(=O)c(-c4ccc(OC)cc4)coc3c21. The number of fused-ring (bicyclic) bond motifs is 3. The molecule has 0 fully saturated rings. The first-order valence-corrected chi connectivity index (χ1v) is 11.8. The van der Waals surface area contributed by atoms with Gasteiger partial charge in [0.15, 0.2) is 0 Å². The Bertz CT molecular complexity index is 1560. The van der Waals surface area contributed by atoms with Gasteiger partial charge in [0.1, 0.15) is 46.8 Å². The Morgan fingerprint density at radius 3 is 2.49 bits per heavy atom. The summed E-state index contributed by atoms with van der Waals surface area (Å²) in [4.78, 5) is 26.4. The quantitative estimate of drug-likeness (QED) is 0.179. The van der Waals surface area contributed by atoms with Crippen LogP contribution in [0, 0.1) is 0 Å². The van der Waals surface area contributed by atoms with E-state index in [1.807, 2.05) is 31.2 Å². The monoisotopic (exact) mass is 498 g/mol. The number of rotatable bonds is 7. The third-order valence-electron chi connectivity index (χ3n) is 6.34. The highest BCUT2D eigenvalue weighted by molar-refractivity contribution is 5.94. The molecular formula is C30H26O7. The lowest BCUT2D eigenvalue weighted by Gasteiger charge is -2.27. The first kappa shape index (κ1) is 24.2. The molecule has 3 aromatic carbocycles. The van der Waals surface area contributed by atoms with Crippen molar-refractivity contribution in [2.75, 3.05) is 20.8 Å². The number of carbonyl (C=O) groups excluding carboxylic acids is 1. The minimum absolute atomic E-state index is 0.0613. The van der Waals surface area contributed by atoms with Gasteiger partial charge >= 0.3 is 5.97 Å². The zero-order chi connectivity index (χ0) is 26.1. The summed E-state index contributed by atoms with van der Waals surface area (Å²) in [5.74, 6) is 1.00. The van der Waals surface area contributed by atoms with Gasteiger partial charge in [-0.15, -0.1) is 0 Å². The minimum Gasteiger partial charge on any atom is -0.497 e. The summed E-state index contributed by atoms with van der Waals surface area (Å²) < 4.78 is 28.5. The van der Waals surface area contributed by atoms with Crippen LogP contribution in [0.1, 0.15) is 30.4 Å². The fourth-order valence-electron chi connectivity index (χ4n) is 4.62. The second-order valence-electron chi connectivity index (χ2n) is 8.92. The van der Waals surface area contributed by atoms with Crippen molar-refractivity contribution >= 4 is 16.9 Å². The van der Waals surface area contributed by atoms with E-state index in [0.717, 1.165) is 11.1 Å². The Balaban J connectivity index is 1.73. The van der Waals surface area contributed by atoms with Crippen LogP contribution in [0.25, 0.3) is 22.1 Å². The number of hydrogen-bond acceptors (Lipinski definition) is 7. The van der Waals surface area contributed by atoms with Crippen molar-refractivity contribution in [2.45, 2.75) is 19.3 Å². The Hall–Kier alpha value is -4.52. The molecule has 1 atom stereocenters. The van der Waals surface area contributed by atoms with Crippen LogP contribution in [0.5, 0.6) is 23.0 Å². The van der Waals surface area contributed by atoms with E-state index in [1.165, 1.54) is 13.4 Å². The standard InChI is InChI=1S/C30H26O7/c1-17(2)15-35-23-8-6-5-7-20(23)21-13-26(31)37-25-14-24(34-4)28-29(32)22(16-36-30(28)27(21)25)18-9-11-19(33-3)12-10-18/h5-12,14,16,21H,1,13,15H2,2-4H3/t21-/m0/s1. The Morgan fingerprint density at radius 1 is 1.03 bits per heavy atom. The molecule has 1 aliphatic rings. The largest absolute Gasteiger partial charge is 0.497 e. The molecule has 0 radical (unpaired) electrons. The second-order valence-corrected chi connectivity index (χ2v) is 8.92. The molecule has 4 aromatic rings. The molecule has 2 heterocycles. The number of ether oxygens (including phenoxy) is 4.